The van der Waals surface area contributed by atoms with Gasteiger partial charge in [-0.2, -0.15) is 0 Å². The lowest BCUT2D eigenvalue weighted by Crippen LogP contribution is -2.47. The molecule has 3 heterocycles. The second kappa shape index (κ2) is 13.5. The van der Waals surface area contributed by atoms with E-state index in [1.807, 2.05) is 45.9 Å². The summed E-state index contributed by atoms with van der Waals surface area (Å²) in [6, 6.07) is 13.3. The summed E-state index contributed by atoms with van der Waals surface area (Å²) in [6.45, 7) is 9.55. The second-order valence-electron chi connectivity index (χ2n) is 12.2. The van der Waals surface area contributed by atoms with Gasteiger partial charge in [0.2, 0.25) is 5.91 Å². The van der Waals surface area contributed by atoms with E-state index >= 15 is 0 Å². The van der Waals surface area contributed by atoms with Gasteiger partial charge < -0.3 is 20.2 Å². The van der Waals surface area contributed by atoms with Crippen LogP contribution in [0.15, 0.2) is 70.1 Å². The molecule has 0 saturated heterocycles. The fraction of sp³-hybridized carbons (Fsp3) is 0.343. The Balaban J connectivity index is 1.39. The van der Waals surface area contributed by atoms with Crippen LogP contribution in [0.4, 0.5) is 5.69 Å². The number of nitrogens with one attached hydrogen (secondary N) is 2. The Hall–Kier alpha value is -5.39. The summed E-state index contributed by atoms with van der Waals surface area (Å²) in [5.74, 6) is -1.81. The van der Waals surface area contributed by atoms with Crippen molar-refractivity contribution in [2.45, 2.75) is 71.9 Å². The summed E-state index contributed by atoms with van der Waals surface area (Å²) < 4.78 is 6.95. The third-order valence-corrected chi connectivity index (χ3v) is 8.77. The number of carbonyl (C=O) groups excluding carboxylic acids is 2. The van der Waals surface area contributed by atoms with E-state index in [-0.39, 0.29) is 28.9 Å². The number of rotatable bonds is 12. The van der Waals surface area contributed by atoms with Gasteiger partial charge in [-0.1, -0.05) is 44.9 Å². The maximum Gasteiger partial charge on any atom is 0.340 e. The van der Waals surface area contributed by atoms with Gasteiger partial charge in [-0.05, 0) is 68.1 Å². The van der Waals surface area contributed by atoms with Crippen molar-refractivity contribution < 1.29 is 23.9 Å². The number of pyridine rings is 1. The number of carbonyl (C=O) groups is 3. The SMILES string of the molecule is CCCC[C@@H](C(=O)Nc1ccc2c(C)c(CC(=O)O)c(=O)oc2c1)n1cc([C@@](C)(NC(=O)c2ccc3ncccc3c2)C(C)C)nn1. The molecule has 12 heteroatoms. The number of carboxylic acid groups (broad SMARTS) is 1. The Bertz CT molecular complexity index is 2030. The molecule has 0 unspecified atom stereocenters. The number of aliphatic carboxylic acids is 1. The first kappa shape index (κ1) is 33.0. The minimum atomic E-state index is -1.13. The first-order valence-electron chi connectivity index (χ1n) is 15.6. The zero-order valence-electron chi connectivity index (χ0n) is 27.0. The normalized spacial score (nSPS) is 13.4. The van der Waals surface area contributed by atoms with Gasteiger partial charge in [0.05, 0.1) is 29.2 Å². The van der Waals surface area contributed by atoms with Crippen molar-refractivity contribution in [2.24, 2.45) is 5.92 Å². The van der Waals surface area contributed by atoms with E-state index in [9.17, 15) is 19.2 Å². The van der Waals surface area contributed by atoms with E-state index in [2.05, 4.69) is 25.9 Å². The Morgan fingerprint density at radius 3 is 2.62 bits per heavy atom. The quantitative estimate of drug-likeness (QED) is 0.149. The summed E-state index contributed by atoms with van der Waals surface area (Å²) in [5.41, 5.74) is 1.41. The minimum absolute atomic E-state index is 0.0756. The van der Waals surface area contributed by atoms with E-state index in [1.54, 1.807) is 49.6 Å². The Morgan fingerprint density at radius 2 is 1.89 bits per heavy atom. The number of fused-ring (bicyclic) bond motifs is 2. The van der Waals surface area contributed by atoms with Gasteiger partial charge in [0, 0.05) is 34.3 Å². The maximum absolute atomic E-state index is 13.7. The second-order valence-corrected chi connectivity index (χ2v) is 12.2. The van der Waals surface area contributed by atoms with Crippen molar-refractivity contribution in [1.82, 2.24) is 25.3 Å². The molecule has 0 radical (unpaired) electrons. The van der Waals surface area contributed by atoms with Crippen molar-refractivity contribution >= 4 is 45.3 Å². The smallest absolute Gasteiger partial charge is 0.340 e. The lowest BCUT2D eigenvalue weighted by molar-refractivity contribution is -0.136. The van der Waals surface area contributed by atoms with Crippen molar-refractivity contribution in [3.8, 4) is 0 Å². The predicted octanol–water partition coefficient (Wildman–Crippen LogP) is 5.54. The number of hydrogen-bond donors (Lipinski definition) is 3. The van der Waals surface area contributed by atoms with E-state index in [4.69, 9.17) is 9.52 Å². The van der Waals surface area contributed by atoms with Crippen LogP contribution in [0.25, 0.3) is 21.9 Å². The van der Waals surface area contributed by atoms with Crippen LogP contribution in [0.2, 0.25) is 0 Å². The average Bonchev–Trinajstić information content (AvgIpc) is 3.53. The maximum atomic E-state index is 13.7. The molecule has 0 aliphatic rings. The lowest BCUT2D eigenvalue weighted by Gasteiger charge is -2.33. The molecule has 0 bridgehead atoms. The molecule has 244 valence electrons. The van der Waals surface area contributed by atoms with Gasteiger partial charge in [0.15, 0.2) is 0 Å². The first-order chi connectivity index (χ1) is 22.4. The van der Waals surface area contributed by atoms with Crippen LogP contribution in [0.3, 0.4) is 0 Å². The van der Waals surface area contributed by atoms with Crippen molar-refractivity contribution in [1.29, 1.82) is 0 Å². The zero-order valence-corrected chi connectivity index (χ0v) is 27.0. The number of aromatic nitrogens is 4. The van der Waals surface area contributed by atoms with Crippen molar-refractivity contribution in [3.05, 3.63) is 93.7 Å². The van der Waals surface area contributed by atoms with Crippen LogP contribution < -0.4 is 16.3 Å². The fourth-order valence-corrected chi connectivity index (χ4v) is 5.53. The number of anilines is 1. The van der Waals surface area contributed by atoms with Gasteiger partial charge in [-0.3, -0.25) is 19.4 Å². The van der Waals surface area contributed by atoms with E-state index in [1.165, 1.54) is 4.68 Å². The van der Waals surface area contributed by atoms with Crippen molar-refractivity contribution in [2.75, 3.05) is 5.32 Å². The number of carboxylic acids is 1. The highest BCUT2D eigenvalue weighted by atomic mass is 16.4. The number of aryl methyl sites for hydroxylation is 1. The number of unbranched alkanes of at least 4 members (excludes halogenated alkanes) is 1. The molecule has 3 N–H and O–H groups in total. The van der Waals surface area contributed by atoms with Crippen LogP contribution >= 0.6 is 0 Å². The molecule has 0 aliphatic carbocycles. The molecule has 5 aromatic rings. The molecule has 2 aromatic carbocycles. The Kier molecular flexibility index (Phi) is 9.50. The van der Waals surface area contributed by atoms with Crippen LogP contribution in [0.1, 0.15) is 80.2 Å². The molecule has 2 atom stereocenters. The lowest BCUT2D eigenvalue weighted by atomic mass is 9.85. The number of nitrogens with zero attached hydrogens (tertiary/aromatic N) is 4. The number of amides is 2. The molecular formula is C35H38N6O6. The molecule has 0 spiro atoms. The highest BCUT2D eigenvalue weighted by Crippen LogP contribution is 2.30. The third kappa shape index (κ3) is 6.91. The molecule has 0 aliphatic heterocycles. The summed E-state index contributed by atoms with van der Waals surface area (Å²) in [5, 5.41) is 25.4. The molecule has 2 amide bonds. The average molecular weight is 639 g/mol. The van der Waals surface area contributed by atoms with Crippen molar-refractivity contribution in [3.63, 3.8) is 0 Å². The van der Waals surface area contributed by atoms with E-state index < -0.39 is 29.6 Å². The Morgan fingerprint density at radius 1 is 1.11 bits per heavy atom. The van der Waals surface area contributed by atoms with Gasteiger partial charge >= 0.3 is 11.6 Å². The Labute approximate surface area is 271 Å². The number of hydrogen-bond acceptors (Lipinski definition) is 8. The largest absolute Gasteiger partial charge is 0.481 e. The van der Waals surface area contributed by atoms with Crippen LogP contribution in [-0.2, 0) is 21.5 Å². The molecule has 3 aromatic heterocycles. The molecule has 12 nitrogen and oxygen atoms in total. The van der Waals surface area contributed by atoms with Gasteiger partial charge in [-0.15, -0.1) is 5.10 Å². The molecule has 5 rings (SSSR count). The third-order valence-electron chi connectivity index (χ3n) is 8.77. The monoisotopic (exact) mass is 638 g/mol. The summed E-state index contributed by atoms with van der Waals surface area (Å²) >= 11 is 0. The summed E-state index contributed by atoms with van der Waals surface area (Å²) in [4.78, 5) is 55.2. The van der Waals surface area contributed by atoms with Gasteiger partial charge in [0.1, 0.15) is 17.3 Å². The van der Waals surface area contributed by atoms with Crippen LogP contribution in [-0.4, -0.2) is 42.9 Å². The van der Waals surface area contributed by atoms with E-state index in [0.717, 1.165) is 23.7 Å². The fourth-order valence-electron chi connectivity index (χ4n) is 5.53. The standard InChI is InChI=1S/C35H38N6O6/c1-6-7-10-28(33(45)37-24-12-13-25-21(4)26(18-31(42)43)34(46)47-29(25)17-24)41-19-30(39-40-41)35(5,20(2)3)38-32(44)23-11-14-27-22(16-23)9-8-15-36-27/h8-9,11-17,19-20,28H,6-7,10,18H2,1-5H3,(H,37,45)(H,38,44)(H,42,43)/t28-,35-/m0/s1. The van der Waals surface area contributed by atoms with Gasteiger partial charge in [-0.25, -0.2) is 9.48 Å². The number of benzene rings is 2. The highest BCUT2D eigenvalue weighted by molar-refractivity contribution is 5.98. The highest BCUT2D eigenvalue weighted by Gasteiger charge is 2.36. The van der Waals surface area contributed by atoms with E-state index in [0.29, 0.717) is 34.3 Å². The van der Waals surface area contributed by atoms with Gasteiger partial charge in [0.25, 0.3) is 5.91 Å². The molecule has 0 saturated carbocycles. The first-order valence-corrected chi connectivity index (χ1v) is 15.6. The summed E-state index contributed by atoms with van der Waals surface area (Å²) in [6.07, 6.45) is 5.06. The topological polar surface area (TPSA) is 169 Å². The summed E-state index contributed by atoms with van der Waals surface area (Å²) in [7, 11) is 0. The predicted molar refractivity (Wildman–Crippen MR) is 177 cm³/mol. The molecule has 0 fully saturated rings. The minimum Gasteiger partial charge on any atom is -0.481 e. The molecule has 47 heavy (non-hydrogen) atoms. The van der Waals surface area contributed by atoms with Crippen LogP contribution in [0.5, 0.6) is 0 Å². The molecular weight excluding hydrogens is 600 g/mol. The van der Waals surface area contributed by atoms with Crippen LogP contribution in [0, 0.1) is 12.8 Å². The zero-order chi connectivity index (χ0) is 33.9.